The van der Waals surface area contributed by atoms with Gasteiger partial charge in [0, 0.05) is 5.56 Å². The Morgan fingerprint density at radius 1 is 1.46 bits per heavy atom. The molecule has 0 aromatic heterocycles. The van der Waals surface area contributed by atoms with E-state index in [1.807, 2.05) is 6.07 Å². The third kappa shape index (κ3) is 2.31. The maximum Gasteiger partial charge on any atom is 0.159 e. The number of carbonyl (C=O) groups excluding carboxylic acids is 1. The van der Waals surface area contributed by atoms with E-state index in [0.29, 0.717) is 5.56 Å². The van der Waals surface area contributed by atoms with Crippen LogP contribution in [0.25, 0.3) is 0 Å². The molecule has 0 spiro atoms. The average molecular weight is 178 g/mol. The van der Waals surface area contributed by atoms with Crippen molar-refractivity contribution in [3.63, 3.8) is 0 Å². The maximum absolute atomic E-state index is 11.0. The first kappa shape index (κ1) is 9.78. The first-order chi connectivity index (χ1) is 6.15. The Balaban J connectivity index is 2.98. The van der Waals surface area contributed by atoms with Crippen LogP contribution in [-0.4, -0.2) is 10.9 Å². The van der Waals surface area contributed by atoms with E-state index in [2.05, 4.69) is 6.92 Å². The van der Waals surface area contributed by atoms with E-state index in [-0.39, 0.29) is 11.5 Å². The number of phenols is 1. The Labute approximate surface area is 78.2 Å². The molecule has 0 unspecified atom stereocenters. The quantitative estimate of drug-likeness (QED) is 0.722. The fraction of sp³-hybridized carbons (Fsp3) is 0.364. The second-order valence-electron chi connectivity index (χ2n) is 3.15. The van der Waals surface area contributed by atoms with Gasteiger partial charge < -0.3 is 5.11 Å². The van der Waals surface area contributed by atoms with Gasteiger partial charge in [-0.15, -0.1) is 0 Å². The van der Waals surface area contributed by atoms with Crippen molar-refractivity contribution in [3.05, 3.63) is 29.3 Å². The number of hydrogen-bond acceptors (Lipinski definition) is 2. The lowest BCUT2D eigenvalue weighted by atomic mass is 10.0. The van der Waals surface area contributed by atoms with E-state index in [1.165, 1.54) is 13.0 Å². The molecule has 0 bridgehead atoms. The predicted octanol–water partition coefficient (Wildman–Crippen LogP) is 2.55. The first-order valence-corrected chi connectivity index (χ1v) is 4.48. The minimum Gasteiger partial charge on any atom is -0.508 e. The van der Waals surface area contributed by atoms with E-state index in [1.54, 1.807) is 6.07 Å². The molecule has 0 saturated heterocycles. The number of carbonyl (C=O) groups is 1. The van der Waals surface area contributed by atoms with E-state index in [0.717, 1.165) is 18.4 Å². The minimum atomic E-state index is -0.0154. The van der Waals surface area contributed by atoms with Gasteiger partial charge >= 0.3 is 0 Å². The third-order valence-corrected chi connectivity index (χ3v) is 2.01. The molecule has 1 rings (SSSR count). The van der Waals surface area contributed by atoms with Crippen molar-refractivity contribution in [1.82, 2.24) is 0 Å². The smallest absolute Gasteiger partial charge is 0.159 e. The van der Waals surface area contributed by atoms with Gasteiger partial charge in [0.15, 0.2) is 5.78 Å². The maximum atomic E-state index is 11.0. The fourth-order valence-corrected chi connectivity index (χ4v) is 1.26. The molecule has 1 N–H and O–H groups in total. The normalized spacial score (nSPS) is 10.0. The minimum absolute atomic E-state index is 0.0154. The van der Waals surface area contributed by atoms with Crippen molar-refractivity contribution in [2.75, 3.05) is 0 Å². The highest BCUT2D eigenvalue weighted by molar-refractivity contribution is 5.94. The third-order valence-electron chi connectivity index (χ3n) is 2.01. The lowest BCUT2D eigenvalue weighted by Crippen LogP contribution is -1.93. The van der Waals surface area contributed by atoms with Gasteiger partial charge in [-0.05, 0) is 25.0 Å². The van der Waals surface area contributed by atoms with Crippen LogP contribution < -0.4 is 0 Å². The fourth-order valence-electron chi connectivity index (χ4n) is 1.26. The van der Waals surface area contributed by atoms with E-state index in [4.69, 9.17) is 0 Å². The molecular weight excluding hydrogens is 164 g/mol. The summed E-state index contributed by atoms with van der Waals surface area (Å²) in [5, 5.41) is 9.52. The van der Waals surface area contributed by atoms with Crippen LogP contribution in [0.4, 0.5) is 0 Å². The van der Waals surface area contributed by atoms with Crippen LogP contribution in [0.15, 0.2) is 18.2 Å². The molecule has 0 saturated carbocycles. The highest BCUT2D eigenvalue weighted by Crippen LogP contribution is 2.20. The molecule has 13 heavy (non-hydrogen) atoms. The number of phenolic OH excluding ortho intramolecular Hbond substituents is 1. The van der Waals surface area contributed by atoms with Crippen molar-refractivity contribution >= 4 is 5.78 Å². The second kappa shape index (κ2) is 4.08. The molecule has 0 radical (unpaired) electrons. The van der Waals surface area contributed by atoms with Crippen LogP contribution in [0.1, 0.15) is 36.2 Å². The van der Waals surface area contributed by atoms with Gasteiger partial charge in [0.2, 0.25) is 0 Å². The first-order valence-electron chi connectivity index (χ1n) is 4.48. The molecule has 0 atom stereocenters. The monoisotopic (exact) mass is 178 g/mol. The van der Waals surface area contributed by atoms with Crippen molar-refractivity contribution in [2.45, 2.75) is 26.7 Å². The van der Waals surface area contributed by atoms with Gasteiger partial charge in [0.25, 0.3) is 0 Å². The summed E-state index contributed by atoms with van der Waals surface area (Å²) < 4.78 is 0. The topological polar surface area (TPSA) is 37.3 Å². The molecular formula is C11H14O2. The van der Waals surface area contributed by atoms with Gasteiger partial charge in [-0.1, -0.05) is 25.5 Å². The standard InChI is InChI=1S/C11H14O2/c1-3-4-9-5-6-10(8(2)12)7-11(9)13/h5-7,13H,3-4H2,1-2H3. The number of benzene rings is 1. The number of hydrogen-bond donors (Lipinski definition) is 1. The molecule has 1 aromatic carbocycles. The predicted molar refractivity (Wildman–Crippen MR) is 52.1 cm³/mol. The van der Waals surface area contributed by atoms with Crippen molar-refractivity contribution < 1.29 is 9.90 Å². The molecule has 2 nitrogen and oxygen atoms in total. The largest absolute Gasteiger partial charge is 0.508 e. The Morgan fingerprint density at radius 2 is 2.15 bits per heavy atom. The lowest BCUT2D eigenvalue weighted by Gasteiger charge is -2.03. The van der Waals surface area contributed by atoms with Crippen LogP contribution in [0.2, 0.25) is 0 Å². The van der Waals surface area contributed by atoms with Crippen LogP contribution >= 0.6 is 0 Å². The highest BCUT2D eigenvalue weighted by Gasteiger charge is 2.04. The van der Waals surface area contributed by atoms with Gasteiger partial charge in [-0.3, -0.25) is 4.79 Å². The zero-order valence-electron chi connectivity index (χ0n) is 8.00. The van der Waals surface area contributed by atoms with Gasteiger partial charge in [-0.25, -0.2) is 0 Å². The van der Waals surface area contributed by atoms with Gasteiger partial charge in [0.05, 0.1) is 0 Å². The van der Waals surface area contributed by atoms with Crippen LogP contribution in [-0.2, 0) is 6.42 Å². The summed E-state index contributed by atoms with van der Waals surface area (Å²) in [6.45, 7) is 3.55. The van der Waals surface area contributed by atoms with Crippen LogP contribution in [0, 0.1) is 0 Å². The Hall–Kier alpha value is -1.31. The molecule has 1 aromatic rings. The van der Waals surface area contributed by atoms with E-state index >= 15 is 0 Å². The number of Topliss-reactive ketones (excluding diaryl/α,β-unsaturated/α-hetero) is 1. The highest BCUT2D eigenvalue weighted by atomic mass is 16.3. The summed E-state index contributed by atoms with van der Waals surface area (Å²) in [5.74, 6) is 0.216. The van der Waals surface area contributed by atoms with Crippen LogP contribution in [0.3, 0.4) is 0 Å². The summed E-state index contributed by atoms with van der Waals surface area (Å²) in [6, 6.07) is 5.11. The number of rotatable bonds is 3. The van der Waals surface area contributed by atoms with Crippen molar-refractivity contribution in [3.8, 4) is 5.75 Å². The molecule has 0 aliphatic rings. The van der Waals surface area contributed by atoms with E-state index in [9.17, 15) is 9.90 Å². The van der Waals surface area contributed by atoms with Crippen molar-refractivity contribution in [2.24, 2.45) is 0 Å². The average Bonchev–Trinajstić information content (AvgIpc) is 2.08. The molecule has 0 aliphatic heterocycles. The zero-order valence-corrected chi connectivity index (χ0v) is 8.00. The Morgan fingerprint density at radius 3 is 2.62 bits per heavy atom. The molecule has 70 valence electrons. The van der Waals surface area contributed by atoms with Crippen LogP contribution in [0.5, 0.6) is 5.75 Å². The zero-order chi connectivity index (χ0) is 9.84. The summed E-state index contributed by atoms with van der Waals surface area (Å²) in [5.41, 5.74) is 1.48. The molecule has 0 fully saturated rings. The summed E-state index contributed by atoms with van der Waals surface area (Å²) >= 11 is 0. The number of aromatic hydroxyl groups is 1. The summed E-state index contributed by atoms with van der Waals surface area (Å²) in [6.07, 6.45) is 1.84. The van der Waals surface area contributed by atoms with Gasteiger partial charge in [0.1, 0.15) is 5.75 Å². The Bertz CT molecular complexity index is 316. The molecule has 0 heterocycles. The van der Waals surface area contributed by atoms with Crippen molar-refractivity contribution in [1.29, 1.82) is 0 Å². The SMILES string of the molecule is CCCc1ccc(C(C)=O)cc1O. The lowest BCUT2D eigenvalue weighted by molar-refractivity contribution is 0.101. The van der Waals surface area contributed by atoms with Gasteiger partial charge in [-0.2, -0.15) is 0 Å². The molecule has 0 aliphatic carbocycles. The second-order valence-corrected chi connectivity index (χ2v) is 3.15. The number of aryl methyl sites for hydroxylation is 1. The molecule has 2 heteroatoms. The number of ketones is 1. The summed E-state index contributed by atoms with van der Waals surface area (Å²) in [4.78, 5) is 11.0. The Kier molecular flexibility index (Phi) is 3.07. The molecule has 0 amide bonds. The summed E-state index contributed by atoms with van der Waals surface area (Å²) in [7, 11) is 0. The van der Waals surface area contributed by atoms with E-state index < -0.39 is 0 Å².